The molecule has 0 spiro atoms. The highest BCUT2D eigenvalue weighted by molar-refractivity contribution is 5.85. The van der Waals surface area contributed by atoms with Crippen molar-refractivity contribution in [3.8, 4) is 0 Å². The number of nitrogens with zero attached hydrogens (tertiary/aromatic N) is 4. The van der Waals surface area contributed by atoms with E-state index in [1.807, 2.05) is 30.3 Å². The van der Waals surface area contributed by atoms with Crippen LogP contribution in [-0.4, -0.2) is 62.1 Å². The van der Waals surface area contributed by atoms with Crippen LogP contribution in [0.25, 0.3) is 5.65 Å². The first kappa shape index (κ1) is 28.0. The first-order valence-corrected chi connectivity index (χ1v) is 12.9. The van der Waals surface area contributed by atoms with Gasteiger partial charge in [-0.05, 0) is 50.8 Å². The van der Waals surface area contributed by atoms with Crippen LogP contribution in [0.2, 0.25) is 0 Å². The van der Waals surface area contributed by atoms with Crippen LogP contribution in [0, 0.1) is 0 Å². The zero-order valence-corrected chi connectivity index (χ0v) is 22.2. The molecule has 1 saturated heterocycles. The van der Waals surface area contributed by atoms with E-state index < -0.39 is 29.6 Å². The minimum Gasteiger partial charge on any atom is -0.443 e. The van der Waals surface area contributed by atoms with Crippen molar-refractivity contribution in [1.82, 2.24) is 24.8 Å². The molecular formula is C27H35N7O5. The number of pyridine rings is 1. The summed E-state index contributed by atoms with van der Waals surface area (Å²) in [6.45, 7) is 3.93. The average molecular weight is 538 g/mol. The summed E-state index contributed by atoms with van der Waals surface area (Å²) in [7, 11) is 0. The lowest BCUT2D eigenvalue weighted by molar-refractivity contribution is -0.126. The maximum absolute atomic E-state index is 12.9. The van der Waals surface area contributed by atoms with Gasteiger partial charge in [0.15, 0.2) is 11.5 Å². The molecule has 1 aliphatic rings. The summed E-state index contributed by atoms with van der Waals surface area (Å²) in [5.74, 6) is -0.541. The molecule has 12 heteroatoms. The second-order valence-electron chi connectivity index (χ2n) is 10.2. The van der Waals surface area contributed by atoms with E-state index in [4.69, 9.17) is 20.9 Å². The van der Waals surface area contributed by atoms with E-state index in [-0.39, 0.29) is 19.1 Å². The first-order valence-electron chi connectivity index (χ1n) is 12.9. The van der Waals surface area contributed by atoms with E-state index in [9.17, 15) is 14.4 Å². The lowest BCUT2D eigenvalue weighted by Crippen LogP contribution is -2.51. The quantitative estimate of drug-likeness (QED) is 0.352. The van der Waals surface area contributed by atoms with Gasteiger partial charge in [-0.1, -0.05) is 36.4 Å². The Morgan fingerprint density at radius 2 is 1.85 bits per heavy atom. The molecule has 1 aliphatic heterocycles. The fourth-order valence-corrected chi connectivity index (χ4v) is 4.43. The molecular weight excluding hydrogens is 502 g/mol. The number of nitrogens with two attached hydrogens (primary N) is 2. The second kappa shape index (κ2) is 12.2. The summed E-state index contributed by atoms with van der Waals surface area (Å²) in [4.78, 5) is 38.9. The number of piperidine rings is 1. The molecule has 0 bridgehead atoms. The van der Waals surface area contributed by atoms with Gasteiger partial charge in [0.05, 0.1) is 24.4 Å². The molecule has 2 aromatic heterocycles. The van der Waals surface area contributed by atoms with E-state index in [0.717, 1.165) is 18.4 Å². The SMILES string of the molecule is CC(C)(N)C(=O)N[C@H](COCc1ccccc1)c1nnc2cccc(COC(=O)N3CCCCC3C(N)=O)n12. The highest BCUT2D eigenvalue weighted by atomic mass is 16.6. The van der Waals surface area contributed by atoms with Gasteiger partial charge in [-0.15, -0.1) is 10.2 Å². The largest absolute Gasteiger partial charge is 0.443 e. The van der Waals surface area contributed by atoms with Gasteiger partial charge >= 0.3 is 6.09 Å². The third kappa shape index (κ3) is 6.89. The number of amides is 3. The van der Waals surface area contributed by atoms with E-state index in [1.54, 1.807) is 36.4 Å². The molecule has 3 heterocycles. The summed E-state index contributed by atoms with van der Waals surface area (Å²) in [5, 5.41) is 11.5. The minimum absolute atomic E-state index is 0.0969. The predicted molar refractivity (Wildman–Crippen MR) is 142 cm³/mol. The molecule has 0 saturated carbocycles. The molecule has 3 aromatic rings. The van der Waals surface area contributed by atoms with E-state index in [1.165, 1.54) is 4.90 Å². The van der Waals surface area contributed by atoms with Crippen molar-refractivity contribution < 1.29 is 23.9 Å². The Hall–Kier alpha value is -4.03. The summed E-state index contributed by atoms with van der Waals surface area (Å²) in [6, 6.07) is 13.6. The van der Waals surface area contributed by atoms with Crippen molar-refractivity contribution in [3.63, 3.8) is 0 Å². The lowest BCUT2D eigenvalue weighted by atomic mass is 10.0. The Kier molecular flexibility index (Phi) is 8.77. The van der Waals surface area contributed by atoms with Gasteiger partial charge < -0.3 is 26.3 Å². The van der Waals surface area contributed by atoms with Crippen LogP contribution in [-0.2, 0) is 32.3 Å². The molecule has 4 rings (SSSR count). The fourth-order valence-electron chi connectivity index (χ4n) is 4.43. The number of nitrogens with one attached hydrogen (secondary N) is 1. The standard InChI is InChI=1S/C27H35N7O5/c1-27(2,29)25(36)30-20(17-38-15-18-9-4-3-5-10-18)24-32-31-22-13-8-11-19(34(22)24)16-39-26(37)33-14-7-6-12-21(33)23(28)35/h3-5,8-11,13,20-21H,6-7,12,14-17,29H2,1-2H3,(H2,28,35)(H,30,36)/t20-,21?/m1/s1. The Balaban J connectivity index is 1.56. The van der Waals surface area contributed by atoms with Gasteiger partial charge in [0.1, 0.15) is 18.7 Å². The maximum atomic E-state index is 12.9. The van der Waals surface area contributed by atoms with Crippen LogP contribution >= 0.6 is 0 Å². The molecule has 2 atom stereocenters. The lowest BCUT2D eigenvalue weighted by Gasteiger charge is -2.32. The summed E-state index contributed by atoms with van der Waals surface area (Å²) in [6.07, 6.45) is 1.48. The third-order valence-electron chi connectivity index (χ3n) is 6.54. The van der Waals surface area contributed by atoms with Crippen LogP contribution in [0.5, 0.6) is 0 Å². The number of rotatable bonds is 10. The molecule has 12 nitrogen and oxygen atoms in total. The number of ether oxygens (including phenoxy) is 2. The van der Waals surface area contributed by atoms with E-state index >= 15 is 0 Å². The number of carbonyl (C=O) groups excluding carboxylic acids is 3. The maximum Gasteiger partial charge on any atom is 0.410 e. The summed E-state index contributed by atoms with van der Waals surface area (Å²) < 4.78 is 13.3. The van der Waals surface area contributed by atoms with Gasteiger partial charge in [-0.25, -0.2) is 4.79 Å². The molecule has 1 unspecified atom stereocenters. The topological polar surface area (TPSA) is 167 Å². The van der Waals surface area contributed by atoms with Crippen molar-refractivity contribution in [2.75, 3.05) is 13.2 Å². The van der Waals surface area contributed by atoms with Crippen LogP contribution in [0.1, 0.15) is 56.2 Å². The monoisotopic (exact) mass is 537 g/mol. The number of hydrogen-bond acceptors (Lipinski definition) is 8. The Labute approximate surface area is 226 Å². The number of primary amides is 1. The first-order chi connectivity index (χ1) is 18.6. The van der Waals surface area contributed by atoms with Crippen molar-refractivity contribution in [2.24, 2.45) is 11.5 Å². The number of likely N-dealkylation sites (tertiary alicyclic amines) is 1. The fraction of sp³-hybridized carbons (Fsp3) is 0.444. The zero-order chi connectivity index (χ0) is 28.0. The number of carbonyl (C=O) groups is 3. The van der Waals surface area contributed by atoms with Crippen LogP contribution in [0.3, 0.4) is 0 Å². The highest BCUT2D eigenvalue weighted by Crippen LogP contribution is 2.21. The Morgan fingerprint density at radius 1 is 1.08 bits per heavy atom. The average Bonchev–Trinajstić information content (AvgIpc) is 3.36. The van der Waals surface area contributed by atoms with E-state index in [2.05, 4.69) is 15.5 Å². The normalized spacial score (nSPS) is 16.6. The number of hydrogen-bond donors (Lipinski definition) is 3. The highest BCUT2D eigenvalue weighted by Gasteiger charge is 2.32. The molecule has 1 fully saturated rings. The van der Waals surface area contributed by atoms with Gasteiger partial charge in [0, 0.05) is 6.54 Å². The van der Waals surface area contributed by atoms with Gasteiger partial charge in [0.2, 0.25) is 11.8 Å². The van der Waals surface area contributed by atoms with Crippen LogP contribution < -0.4 is 16.8 Å². The van der Waals surface area contributed by atoms with Crippen molar-refractivity contribution in [2.45, 2.75) is 63.9 Å². The van der Waals surface area contributed by atoms with Gasteiger partial charge in [-0.3, -0.25) is 18.9 Å². The number of benzene rings is 1. The smallest absolute Gasteiger partial charge is 0.410 e. The molecule has 39 heavy (non-hydrogen) atoms. The summed E-state index contributed by atoms with van der Waals surface area (Å²) >= 11 is 0. The molecule has 5 N–H and O–H groups in total. The summed E-state index contributed by atoms with van der Waals surface area (Å²) in [5.41, 5.74) is 12.5. The van der Waals surface area contributed by atoms with Crippen LogP contribution in [0.15, 0.2) is 48.5 Å². The Morgan fingerprint density at radius 3 is 2.56 bits per heavy atom. The van der Waals surface area contributed by atoms with E-state index in [0.29, 0.717) is 36.7 Å². The van der Waals surface area contributed by atoms with Gasteiger partial charge in [0.25, 0.3) is 0 Å². The third-order valence-corrected chi connectivity index (χ3v) is 6.54. The number of fused-ring (bicyclic) bond motifs is 1. The molecule has 0 radical (unpaired) electrons. The molecule has 1 aromatic carbocycles. The molecule has 3 amide bonds. The Bertz CT molecular complexity index is 1300. The van der Waals surface area contributed by atoms with Crippen molar-refractivity contribution in [3.05, 3.63) is 65.6 Å². The molecule has 208 valence electrons. The number of aromatic nitrogens is 3. The minimum atomic E-state index is -1.14. The molecule has 0 aliphatic carbocycles. The van der Waals surface area contributed by atoms with Gasteiger partial charge in [-0.2, -0.15) is 0 Å². The second-order valence-corrected chi connectivity index (χ2v) is 10.2. The van der Waals surface area contributed by atoms with Crippen molar-refractivity contribution in [1.29, 1.82) is 0 Å². The van der Waals surface area contributed by atoms with Crippen LogP contribution in [0.4, 0.5) is 4.79 Å². The van der Waals surface area contributed by atoms with Crippen molar-refractivity contribution >= 4 is 23.6 Å². The zero-order valence-electron chi connectivity index (χ0n) is 22.2. The predicted octanol–water partition coefficient (Wildman–Crippen LogP) is 1.82.